The predicted octanol–water partition coefficient (Wildman–Crippen LogP) is 3.74. The van der Waals surface area contributed by atoms with Crippen molar-refractivity contribution < 1.29 is 18.6 Å². The molecule has 200 valence electrons. The Labute approximate surface area is 220 Å². The van der Waals surface area contributed by atoms with E-state index in [4.69, 9.17) is 9.72 Å². The summed E-state index contributed by atoms with van der Waals surface area (Å²) in [7, 11) is 0. The fraction of sp³-hybridized carbons (Fsp3) is 0.536. The van der Waals surface area contributed by atoms with Crippen molar-refractivity contribution in [2.75, 3.05) is 37.7 Å². The molecule has 0 saturated carbocycles. The van der Waals surface area contributed by atoms with Gasteiger partial charge in [-0.05, 0) is 56.8 Å². The zero-order valence-corrected chi connectivity index (χ0v) is 21.5. The van der Waals surface area contributed by atoms with Crippen LogP contribution in [-0.4, -0.2) is 81.5 Å². The zero-order valence-electron chi connectivity index (χ0n) is 21.5. The van der Waals surface area contributed by atoms with Gasteiger partial charge in [-0.3, -0.25) is 9.88 Å². The Balaban J connectivity index is 1.31. The van der Waals surface area contributed by atoms with Gasteiger partial charge in [0.05, 0.1) is 10.9 Å². The van der Waals surface area contributed by atoms with Crippen LogP contribution in [0.2, 0.25) is 0 Å². The highest BCUT2D eigenvalue weighted by molar-refractivity contribution is 5.92. The minimum atomic E-state index is -0.861. The monoisotopic (exact) mass is 522 g/mol. The van der Waals surface area contributed by atoms with Crippen LogP contribution in [0.4, 0.5) is 14.6 Å². The van der Waals surface area contributed by atoms with Crippen molar-refractivity contribution in [3.63, 3.8) is 0 Å². The molecule has 4 fully saturated rings. The van der Waals surface area contributed by atoms with E-state index in [9.17, 15) is 9.50 Å². The number of hydrogen-bond donors (Lipinski definition) is 2. The number of ether oxygens (including phenoxy) is 1. The molecule has 3 aromatic rings. The van der Waals surface area contributed by atoms with Crippen molar-refractivity contribution in [2.45, 2.75) is 62.8 Å². The molecule has 6 heterocycles. The minimum Gasteiger partial charge on any atom is -0.508 e. The Morgan fingerprint density at radius 2 is 2.00 bits per heavy atom. The maximum absolute atomic E-state index is 16.2. The molecule has 4 aliphatic heterocycles. The number of hydrogen-bond acceptors (Lipinski definition) is 8. The van der Waals surface area contributed by atoms with Crippen LogP contribution in [-0.2, 0) is 0 Å². The number of anilines is 1. The molecule has 0 amide bonds. The molecule has 38 heavy (non-hydrogen) atoms. The highest BCUT2D eigenvalue weighted by Crippen LogP contribution is 2.41. The fourth-order valence-corrected chi connectivity index (χ4v) is 7.00. The van der Waals surface area contributed by atoms with E-state index in [1.165, 1.54) is 6.07 Å². The van der Waals surface area contributed by atoms with Gasteiger partial charge in [0.2, 0.25) is 0 Å². The highest BCUT2D eigenvalue weighted by Gasteiger charge is 2.49. The van der Waals surface area contributed by atoms with Crippen LogP contribution in [0.1, 0.15) is 37.7 Å². The molecule has 2 bridgehead atoms. The lowest BCUT2D eigenvalue weighted by Gasteiger charge is -2.34. The first kappa shape index (κ1) is 24.0. The van der Waals surface area contributed by atoms with E-state index >= 15 is 4.39 Å². The van der Waals surface area contributed by atoms with Crippen molar-refractivity contribution >= 4 is 16.7 Å². The molecule has 0 spiro atoms. The maximum Gasteiger partial charge on any atom is 0.319 e. The van der Waals surface area contributed by atoms with Gasteiger partial charge < -0.3 is 20.1 Å². The van der Waals surface area contributed by atoms with Crippen LogP contribution in [0.25, 0.3) is 22.2 Å². The zero-order chi connectivity index (χ0) is 26.0. The van der Waals surface area contributed by atoms with Gasteiger partial charge in [0.1, 0.15) is 35.6 Å². The molecular formula is C28H32F2N6O2. The first-order chi connectivity index (χ1) is 18.4. The molecule has 4 saturated heterocycles. The number of piperazine rings is 1. The van der Waals surface area contributed by atoms with Gasteiger partial charge in [0.15, 0.2) is 5.82 Å². The van der Waals surface area contributed by atoms with Crippen LogP contribution < -0.4 is 15.0 Å². The standard InChI is InChI=1S/C28H32F2N6O2/c1-16-3-6-20(37)9-21(16)24-23(30)25-22(11-31-24)26(35-13-18-4-5-19(14-35)32-18)34-27(33-25)38-15-28-7-2-8-36(28)12-17(29)10-28/h3,6,9,11,17-19,32,37H,2,4-5,7-8,10,12-15H2,1H3/t17-,18?,19?,28+/m1/s1. The maximum atomic E-state index is 16.2. The summed E-state index contributed by atoms with van der Waals surface area (Å²) in [5.74, 6) is 0.0800. The molecule has 2 N–H and O–H groups in total. The van der Waals surface area contributed by atoms with Crippen LogP contribution in [0.5, 0.6) is 11.8 Å². The molecule has 7 rings (SSSR count). The van der Waals surface area contributed by atoms with E-state index in [1.54, 1.807) is 18.3 Å². The van der Waals surface area contributed by atoms with E-state index < -0.39 is 12.0 Å². The highest BCUT2D eigenvalue weighted by atomic mass is 19.1. The van der Waals surface area contributed by atoms with Crippen LogP contribution >= 0.6 is 0 Å². The van der Waals surface area contributed by atoms with Crippen molar-refractivity contribution in [1.29, 1.82) is 0 Å². The Bertz CT molecular complexity index is 1390. The number of aromatic hydroxyl groups is 1. The average molecular weight is 523 g/mol. The van der Waals surface area contributed by atoms with Crippen molar-refractivity contribution in [3.8, 4) is 23.0 Å². The number of nitrogens with zero attached hydrogens (tertiary/aromatic N) is 5. The van der Waals surface area contributed by atoms with Crippen LogP contribution in [0.15, 0.2) is 24.4 Å². The van der Waals surface area contributed by atoms with E-state index in [2.05, 4.69) is 25.1 Å². The summed E-state index contributed by atoms with van der Waals surface area (Å²) in [4.78, 5) is 18.2. The van der Waals surface area contributed by atoms with Crippen LogP contribution in [0.3, 0.4) is 0 Å². The lowest BCUT2D eigenvalue weighted by atomic mass is 9.95. The van der Waals surface area contributed by atoms with E-state index in [1.807, 2.05) is 6.92 Å². The topological polar surface area (TPSA) is 86.6 Å². The van der Waals surface area contributed by atoms with E-state index in [0.717, 1.165) is 50.9 Å². The lowest BCUT2D eigenvalue weighted by molar-refractivity contribution is 0.107. The summed E-state index contributed by atoms with van der Waals surface area (Å²) < 4.78 is 36.7. The third-order valence-corrected chi connectivity index (χ3v) is 8.87. The molecule has 1 aromatic carbocycles. The number of rotatable bonds is 5. The summed E-state index contributed by atoms with van der Waals surface area (Å²) in [6, 6.07) is 5.65. The molecular weight excluding hydrogens is 490 g/mol. The second-order valence-corrected chi connectivity index (χ2v) is 11.4. The summed E-state index contributed by atoms with van der Waals surface area (Å²) >= 11 is 0. The van der Waals surface area contributed by atoms with E-state index in [0.29, 0.717) is 41.8 Å². The number of fused-ring (bicyclic) bond motifs is 4. The number of halogens is 2. The van der Waals surface area contributed by atoms with Gasteiger partial charge in [-0.2, -0.15) is 9.97 Å². The minimum absolute atomic E-state index is 0.0405. The summed E-state index contributed by atoms with van der Waals surface area (Å²) in [5.41, 5.74) is 1.21. The van der Waals surface area contributed by atoms with Gasteiger partial charge in [-0.25, -0.2) is 8.78 Å². The second kappa shape index (κ2) is 8.98. The summed E-state index contributed by atoms with van der Waals surface area (Å²) in [6.07, 6.45) is 5.29. The molecule has 2 aromatic heterocycles. The van der Waals surface area contributed by atoms with Crippen molar-refractivity contribution in [2.24, 2.45) is 0 Å². The summed E-state index contributed by atoms with van der Waals surface area (Å²) in [5, 5.41) is 14.2. The average Bonchev–Trinajstić information content (AvgIpc) is 3.55. The second-order valence-electron chi connectivity index (χ2n) is 11.4. The molecule has 0 radical (unpaired) electrons. The number of aryl methyl sites for hydroxylation is 1. The molecule has 0 aliphatic carbocycles. The number of phenols is 1. The number of alkyl halides is 1. The van der Waals surface area contributed by atoms with E-state index in [-0.39, 0.29) is 35.1 Å². The quantitative estimate of drug-likeness (QED) is 0.524. The molecule has 2 unspecified atom stereocenters. The van der Waals surface area contributed by atoms with Gasteiger partial charge in [-0.1, -0.05) is 6.07 Å². The number of pyridine rings is 1. The number of phenolic OH excluding ortho intramolecular Hbond substituents is 1. The van der Waals surface area contributed by atoms with Crippen molar-refractivity contribution in [1.82, 2.24) is 25.2 Å². The van der Waals surface area contributed by atoms with Gasteiger partial charge in [0, 0.05) is 49.9 Å². The largest absolute Gasteiger partial charge is 0.508 e. The Hall–Kier alpha value is -3.11. The van der Waals surface area contributed by atoms with Crippen LogP contribution in [0, 0.1) is 12.7 Å². The Kier molecular flexibility index (Phi) is 5.66. The first-order valence-electron chi connectivity index (χ1n) is 13.6. The normalized spacial score (nSPS) is 28.8. The number of aromatic nitrogens is 3. The Morgan fingerprint density at radius 1 is 1.18 bits per heavy atom. The fourth-order valence-electron chi connectivity index (χ4n) is 7.00. The SMILES string of the molecule is Cc1ccc(O)cc1-c1ncc2c(N3CC4CCC(C3)N4)nc(OC[C@@]34CCCN3C[C@H](F)C4)nc2c1F. The third kappa shape index (κ3) is 3.96. The molecule has 4 atom stereocenters. The van der Waals surface area contributed by atoms with Gasteiger partial charge in [-0.15, -0.1) is 0 Å². The van der Waals surface area contributed by atoms with Crippen molar-refractivity contribution in [3.05, 3.63) is 35.8 Å². The lowest BCUT2D eigenvalue weighted by Crippen LogP contribution is -2.51. The predicted molar refractivity (Wildman–Crippen MR) is 140 cm³/mol. The molecule has 4 aliphatic rings. The Morgan fingerprint density at radius 3 is 2.82 bits per heavy atom. The number of nitrogens with one attached hydrogen (secondary N) is 1. The molecule has 8 nitrogen and oxygen atoms in total. The van der Waals surface area contributed by atoms with Gasteiger partial charge >= 0.3 is 6.01 Å². The number of benzene rings is 1. The van der Waals surface area contributed by atoms with Gasteiger partial charge in [0.25, 0.3) is 0 Å². The third-order valence-electron chi connectivity index (χ3n) is 8.87. The smallest absolute Gasteiger partial charge is 0.319 e. The summed E-state index contributed by atoms with van der Waals surface area (Å²) in [6.45, 7) is 4.95. The first-order valence-corrected chi connectivity index (χ1v) is 13.6. The molecule has 10 heteroatoms.